The van der Waals surface area contributed by atoms with Crippen molar-refractivity contribution < 1.29 is 13.7 Å². The molecule has 0 radical (unpaired) electrons. The Labute approximate surface area is 220 Å². The van der Waals surface area contributed by atoms with Crippen LogP contribution in [0.2, 0.25) is 0 Å². The molecule has 0 bridgehead atoms. The third kappa shape index (κ3) is 3.45. The highest BCUT2D eigenvalue weighted by Gasteiger charge is 2.58. The first-order valence-electron chi connectivity index (χ1n) is 12.9. The predicted octanol–water partition coefficient (Wildman–Crippen LogP) is 6.00. The van der Waals surface area contributed by atoms with Crippen molar-refractivity contribution in [3.05, 3.63) is 71.5 Å². The van der Waals surface area contributed by atoms with Crippen LogP contribution in [0.1, 0.15) is 50.8 Å². The lowest BCUT2D eigenvalue weighted by atomic mass is 9.50. The van der Waals surface area contributed by atoms with Gasteiger partial charge in [-0.15, -0.1) is 0 Å². The molecule has 0 aliphatic heterocycles. The van der Waals surface area contributed by atoms with Gasteiger partial charge in [-0.05, 0) is 68.5 Å². The van der Waals surface area contributed by atoms with Crippen LogP contribution in [0.5, 0.6) is 0 Å². The second-order valence-electron chi connectivity index (χ2n) is 11.1. The Bertz CT molecular complexity index is 1610. The summed E-state index contributed by atoms with van der Waals surface area (Å²) in [7, 11) is 0. The molecular weight excluding hydrogens is 481 g/mol. The maximum atomic E-state index is 15.1. The molecule has 0 amide bonds. The minimum Gasteiger partial charge on any atom is -0.339 e. The molecule has 2 aliphatic rings. The topological polar surface area (TPSA) is 97.6 Å². The number of hydrogen-bond acceptors (Lipinski definition) is 6. The van der Waals surface area contributed by atoms with Crippen LogP contribution in [-0.2, 0) is 16.6 Å². The van der Waals surface area contributed by atoms with Gasteiger partial charge in [0, 0.05) is 34.9 Å². The number of hydrogen-bond donors (Lipinski definition) is 0. The normalized spacial score (nSPS) is 26.5. The molecule has 6 rings (SSSR count). The summed E-state index contributed by atoms with van der Waals surface area (Å²) in [5, 5.41) is 19.1. The fourth-order valence-corrected chi connectivity index (χ4v) is 6.91. The van der Waals surface area contributed by atoms with Gasteiger partial charge in [-0.25, -0.2) is 9.07 Å². The van der Waals surface area contributed by atoms with Crippen molar-refractivity contribution >= 4 is 5.78 Å². The van der Waals surface area contributed by atoms with Gasteiger partial charge in [0.25, 0.3) is 0 Å². The van der Waals surface area contributed by atoms with Crippen molar-refractivity contribution in [2.75, 3.05) is 0 Å². The molecule has 1 saturated carbocycles. The van der Waals surface area contributed by atoms with E-state index in [1.165, 1.54) is 6.07 Å². The number of carbonyl (C=O) groups excluding carboxylic acids is 1. The van der Waals surface area contributed by atoms with E-state index in [-0.39, 0.29) is 23.4 Å². The van der Waals surface area contributed by atoms with Crippen molar-refractivity contribution in [3.63, 3.8) is 0 Å². The van der Waals surface area contributed by atoms with Crippen LogP contribution >= 0.6 is 0 Å². The summed E-state index contributed by atoms with van der Waals surface area (Å²) in [6, 6.07) is 16.7. The summed E-state index contributed by atoms with van der Waals surface area (Å²) in [5.41, 5.74) is 2.99. The average Bonchev–Trinajstić information content (AvgIpc) is 3.52. The van der Waals surface area contributed by atoms with E-state index in [0.717, 1.165) is 28.9 Å². The van der Waals surface area contributed by atoms with Crippen molar-refractivity contribution in [1.82, 2.24) is 19.9 Å². The van der Waals surface area contributed by atoms with E-state index in [2.05, 4.69) is 23.1 Å². The van der Waals surface area contributed by atoms with E-state index in [0.29, 0.717) is 35.8 Å². The summed E-state index contributed by atoms with van der Waals surface area (Å²) in [5.74, 6) is 0.445. The molecule has 0 saturated heterocycles. The van der Waals surface area contributed by atoms with Crippen molar-refractivity contribution in [3.8, 4) is 34.4 Å². The zero-order valence-corrected chi connectivity index (χ0v) is 21.8. The highest BCUT2D eigenvalue weighted by molar-refractivity contribution is 5.91. The van der Waals surface area contributed by atoms with Gasteiger partial charge in [0.05, 0.1) is 23.1 Å². The second kappa shape index (κ2) is 8.45. The minimum absolute atomic E-state index is 0.00563. The van der Waals surface area contributed by atoms with Crippen LogP contribution in [0.3, 0.4) is 0 Å². The Morgan fingerprint density at radius 3 is 2.55 bits per heavy atom. The van der Waals surface area contributed by atoms with Crippen molar-refractivity contribution in [2.45, 2.75) is 52.4 Å². The number of benzene rings is 2. The number of fused-ring (bicyclic) bond motifs is 3. The van der Waals surface area contributed by atoms with Gasteiger partial charge < -0.3 is 4.52 Å². The number of aryl methyl sites for hydroxylation is 1. The van der Waals surface area contributed by atoms with E-state index in [1.54, 1.807) is 26.0 Å². The van der Waals surface area contributed by atoms with Crippen LogP contribution in [0.25, 0.3) is 28.3 Å². The summed E-state index contributed by atoms with van der Waals surface area (Å²) in [4.78, 5) is 17.6. The predicted molar refractivity (Wildman–Crippen MR) is 139 cm³/mol. The summed E-state index contributed by atoms with van der Waals surface area (Å²) in [6.45, 7) is 7.59. The molecule has 2 heterocycles. The maximum absolute atomic E-state index is 15.1. The van der Waals surface area contributed by atoms with Crippen LogP contribution in [-0.4, -0.2) is 25.7 Å². The number of nitriles is 1. The smallest absolute Gasteiger partial charge is 0.223 e. The number of nitrogens with zero attached hydrogens (tertiary/aromatic N) is 5. The molecule has 192 valence electrons. The molecule has 0 N–H and O–H groups in total. The Kier molecular flexibility index (Phi) is 5.39. The Morgan fingerprint density at radius 1 is 1.16 bits per heavy atom. The first-order chi connectivity index (χ1) is 18.2. The van der Waals surface area contributed by atoms with Gasteiger partial charge in [-0.1, -0.05) is 31.1 Å². The van der Waals surface area contributed by atoms with Crippen LogP contribution in [0.15, 0.2) is 53.1 Å². The molecule has 8 heteroatoms. The van der Waals surface area contributed by atoms with Crippen LogP contribution in [0.4, 0.5) is 4.39 Å². The van der Waals surface area contributed by atoms with E-state index in [1.807, 2.05) is 41.9 Å². The first-order valence-corrected chi connectivity index (χ1v) is 12.9. The van der Waals surface area contributed by atoms with E-state index < -0.39 is 10.8 Å². The highest BCUT2D eigenvalue weighted by atomic mass is 19.1. The number of halogens is 1. The largest absolute Gasteiger partial charge is 0.339 e. The third-order valence-electron chi connectivity index (χ3n) is 8.60. The van der Waals surface area contributed by atoms with E-state index >= 15 is 4.39 Å². The standard InChI is InChI=1S/C30H28FN5O2/c1-17-23-14-13-22-25(21-7-5-6-8-24(21)31)34-36(26(22)30(23,4)15-29(3,16-32)27(17)37)20-11-9-19(10-12-20)28-33-18(2)38-35-28/h5-12,17,23H,13-15H2,1-4H3/t17-,23-,29?,30-/m1/s1. The third-order valence-corrected chi connectivity index (χ3v) is 8.60. The maximum Gasteiger partial charge on any atom is 0.223 e. The van der Waals surface area contributed by atoms with Gasteiger partial charge in [0.1, 0.15) is 11.2 Å². The zero-order valence-electron chi connectivity index (χ0n) is 21.8. The monoisotopic (exact) mass is 509 g/mol. The fourth-order valence-electron chi connectivity index (χ4n) is 6.91. The van der Waals surface area contributed by atoms with E-state index in [4.69, 9.17) is 9.62 Å². The highest BCUT2D eigenvalue weighted by Crippen LogP contribution is 2.57. The summed E-state index contributed by atoms with van der Waals surface area (Å²) in [6.07, 6.45) is 1.85. The van der Waals surface area contributed by atoms with Gasteiger partial charge in [0.2, 0.25) is 11.7 Å². The number of rotatable bonds is 3. The molecule has 38 heavy (non-hydrogen) atoms. The molecule has 4 atom stereocenters. The minimum atomic E-state index is -1.10. The molecular formula is C30H28FN5O2. The van der Waals surface area contributed by atoms with Crippen LogP contribution in [0, 0.1) is 41.3 Å². The van der Waals surface area contributed by atoms with Crippen molar-refractivity contribution in [1.29, 1.82) is 5.26 Å². The quantitative estimate of drug-likeness (QED) is 0.336. The molecule has 1 fully saturated rings. The Balaban J connectivity index is 1.57. The summed E-state index contributed by atoms with van der Waals surface area (Å²) >= 11 is 0. The van der Waals surface area contributed by atoms with Crippen LogP contribution < -0.4 is 0 Å². The average molecular weight is 510 g/mol. The first kappa shape index (κ1) is 24.2. The zero-order chi connectivity index (χ0) is 26.8. The molecule has 7 nitrogen and oxygen atoms in total. The molecule has 1 unspecified atom stereocenters. The second-order valence-corrected chi connectivity index (χ2v) is 11.1. The Hall–Kier alpha value is -4.12. The Morgan fingerprint density at radius 2 is 1.89 bits per heavy atom. The number of Topliss-reactive ketones (excluding diaryl/α,β-unsaturated/α-hetero) is 1. The van der Waals surface area contributed by atoms with Gasteiger partial charge in [-0.3, -0.25) is 4.79 Å². The number of ketones is 1. The van der Waals surface area contributed by atoms with Gasteiger partial charge >= 0.3 is 0 Å². The lowest BCUT2D eigenvalue weighted by Gasteiger charge is -2.52. The SMILES string of the molecule is Cc1nc(-c2ccc(-n3nc(-c4ccccc4F)c4c3[C@]3(C)CC(C)(C#N)C(=O)[C@H](C)[C@H]3CC4)cc2)no1. The molecule has 2 aromatic heterocycles. The fraction of sp³-hybridized carbons (Fsp3) is 0.367. The molecule has 2 aromatic carbocycles. The van der Waals surface area contributed by atoms with Gasteiger partial charge in [-0.2, -0.15) is 15.3 Å². The van der Waals surface area contributed by atoms with Gasteiger partial charge in [0.15, 0.2) is 5.78 Å². The molecule has 2 aliphatic carbocycles. The lowest BCUT2D eigenvalue weighted by molar-refractivity contribution is -0.138. The summed E-state index contributed by atoms with van der Waals surface area (Å²) < 4.78 is 22.1. The molecule has 0 spiro atoms. The van der Waals surface area contributed by atoms with E-state index in [9.17, 15) is 10.1 Å². The lowest BCUT2D eigenvalue weighted by Crippen LogP contribution is -2.54. The van der Waals surface area contributed by atoms with Crippen molar-refractivity contribution in [2.24, 2.45) is 17.3 Å². The number of aromatic nitrogens is 4. The number of carbonyl (C=O) groups is 1. The molecule has 4 aromatic rings.